The number of halogens is 1. The molecule has 0 radical (unpaired) electrons. The molecule has 0 saturated carbocycles. The number of methoxy groups -OCH3 is 1. The second-order valence-electron chi connectivity index (χ2n) is 5.28. The van der Waals surface area contributed by atoms with Gasteiger partial charge in [0.05, 0.1) is 16.8 Å². The lowest BCUT2D eigenvalue weighted by Gasteiger charge is -2.05. The molecule has 2 aromatic rings. The number of rotatable bonds is 5. The van der Waals surface area contributed by atoms with Crippen molar-refractivity contribution in [1.29, 1.82) is 0 Å². The van der Waals surface area contributed by atoms with Crippen LogP contribution in [0, 0.1) is 10.7 Å². The van der Waals surface area contributed by atoms with Crippen LogP contribution in [0.1, 0.15) is 16.8 Å². The highest BCUT2D eigenvalue weighted by Crippen LogP contribution is 2.44. The Labute approximate surface area is 142 Å². The number of carbonyl (C=O) groups is 1. The van der Waals surface area contributed by atoms with Crippen LogP contribution >= 0.6 is 11.8 Å². The fourth-order valence-electron chi connectivity index (χ4n) is 2.44. The minimum absolute atomic E-state index is 0.283. The van der Waals surface area contributed by atoms with E-state index in [-0.39, 0.29) is 17.1 Å². The summed E-state index contributed by atoms with van der Waals surface area (Å²) in [5.74, 6) is 0.0404. The van der Waals surface area contributed by atoms with E-state index in [2.05, 4.69) is 5.32 Å². The number of thioether (sulfide) groups is 1. The molecule has 1 aliphatic heterocycles. The number of nitrogens with one attached hydrogen (secondary N) is 1. The normalized spacial score (nSPS) is 15.9. The first-order chi connectivity index (χ1) is 11.6. The second-order valence-corrected chi connectivity index (χ2v) is 6.50. The highest BCUT2D eigenvalue weighted by atomic mass is 32.2. The minimum atomic E-state index is -0.385. The van der Waals surface area contributed by atoms with E-state index in [1.54, 1.807) is 19.2 Å². The molecule has 24 heavy (non-hydrogen) atoms. The number of benzene rings is 2. The Hall–Kier alpha value is -2.41. The smallest absolute Gasteiger partial charge is 0.271 e. The minimum Gasteiger partial charge on any atom is -0.497 e. The number of ether oxygens (including phenoxy) is 1. The molecule has 7 heteroatoms. The van der Waals surface area contributed by atoms with Crippen LogP contribution in [0.5, 0.6) is 5.75 Å². The van der Waals surface area contributed by atoms with Gasteiger partial charge in [0.25, 0.3) is 17.0 Å². The molecule has 1 aliphatic rings. The molecule has 1 amide bonds. The number of carbonyl (C=O) groups excluding carboxylic acids is 1. The number of hydrogen-bond donors (Lipinski definition) is 1. The zero-order valence-electron chi connectivity index (χ0n) is 13.0. The number of amides is 1. The highest BCUT2D eigenvalue weighted by Gasteiger charge is 2.39. The molecule has 0 fully saturated rings. The second kappa shape index (κ2) is 7.00. The van der Waals surface area contributed by atoms with Crippen molar-refractivity contribution in [1.82, 2.24) is 5.32 Å². The van der Waals surface area contributed by atoms with Crippen molar-refractivity contribution in [3.8, 4) is 5.75 Å². The summed E-state index contributed by atoms with van der Waals surface area (Å²) in [6, 6.07) is 10.7. The topological polar surface area (TPSA) is 58.4 Å². The maximum absolute atomic E-state index is 12.8. The summed E-state index contributed by atoms with van der Waals surface area (Å²) in [6.45, 7) is 0.359. The van der Waals surface area contributed by atoms with Crippen LogP contribution < -0.4 is 10.1 Å². The van der Waals surface area contributed by atoms with Gasteiger partial charge in [-0.25, -0.2) is 4.39 Å². The molecule has 0 bridgehead atoms. The lowest BCUT2D eigenvalue weighted by molar-refractivity contribution is -0.476. The van der Waals surface area contributed by atoms with Gasteiger partial charge >= 0.3 is 0 Å². The molecule has 1 unspecified atom stereocenters. The summed E-state index contributed by atoms with van der Waals surface area (Å²) in [4.78, 5) is 25.1. The van der Waals surface area contributed by atoms with E-state index in [4.69, 9.17) is 4.74 Å². The van der Waals surface area contributed by atoms with Gasteiger partial charge in [-0.1, -0.05) is 0 Å². The number of nitrogens with zero attached hydrogens (tertiary/aromatic N) is 1. The summed E-state index contributed by atoms with van der Waals surface area (Å²) >= 11 is 1.46. The van der Waals surface area contributed by atoms with Crippen molar-refractivity contribution in [3.05, 3.63) is 58.8 Å². The van der Waals surface area contributed by atoms with Crippen LogP contribution in [0.2, 0.25) is 0 Å². The molecule has 1 N–H and O–H groups in total. The van der Waals surface area contributed by atoms with Crippen LogP contribution in [-0.4, -0.2) is 29.7 Å². The summed E-state index contributed by atoms with van der Waals surface area (Å²) in [7, 11) is 1.58. The molecule has 3 rings (SSSR count). The SMILES string of the molecule is COc1ccc2c(c1)SC(CCNC(=O)c1ccc(F)cc1)[N+]2=O. The molecule has 0 aromatic heterocycles. The zero-order chi connectivity index (χ0) is 17.1. The van der Waals surface area contributed by atoms with Gasteiger partial charge in [-0.3, -0.25) is 4.79 Å². The Morgan fingerprint density at radius 3 is 2.75 bits per heavy atom. The molecule has 2 aromatic carbocycles. The maximum atomic E-state index is 12.8. The number of fused-ring (bicyclic) bond motifs is 1. The lowest BCUT2D eigenvalue weighted by atomic mass is 10.2. The molecule has 1 atom stereocenters. The summed E-state index contributed by atoms with van der Waals surface area (Å²) < 4.78 is 19.0. The van der Waals surface area contributed by atoms with Crippen molar-refractivity contribution in [2.24, 2.45) is 0 Å². The predicted octanol–water partition coefficient (Wildman–Crippen LogP) is 3.50. The predicted molar refractivity (Wildman–Crippen MR) is 89.3 cm³/mol. The van der Waals surface area contributed by atoms with E-state index in [1.807, 2.05) is 6.07 Å². The third kappa shape index (κ3) is 3.41. The quantitative estimate of drug-likeness (QED) is 0.841. The van der Waals surface area contributed by atoms with Crippen LogP contribution in [0.3, 0.4) is 0 Å². The largest absolute Gasteiger partial charge is 0.497 e. The lowest BCUT2D eigenvalue weighted by Crippen LogP contribution is -2.27. The van der Waals surface area contributed by atoms with E-state index in [0.29, 0.717) is 30.0 Å². The third-order valence-electron chi connectivity index (χ3n) is 3.71. The average Bonchev–Trinajstić information content (AvgIpc) is 2.91. The van der Waals surface area contributed by atoms with Gasteiger partial charge in [0.1, 0.15) is 11.6 Å². The van der Waals surface area contributed by atoms with Crippen molar-refractivity contribution in [2.75, 3.05) is 13.7 Å². The van der Waals surface area contributed by atoms with E-state index in [0.717, 1.165) is 9.66 Å². The number of nitroso groups, excluding NO2 is 1. The van der Waals surface area contributed by atoms with Crippen molar-refractivity contribution >= 4 is 23.4 Å². The molecule has 0 saturated heterocycles. The summed E-state index contributed by atoms with van der Waals surface area (Å²) in [6.07, 6.45) is 0.498. The Morgan fingerprint density at radius 2 is 2.04 bits per heavy atom. The third-order valence-corrected chi connectivity index (χ3v) is 4.99. The van der Waals surface area contributed by atoms with E-state index in [9.17, 15) is 14.1 Å². The number of hydrogen-bond acceptors (Lipinski definition) is 4. The highest BCUT2D eigenvalue weighted by molar-refractivity contribution is 8.00. The Morgan fingerprint density at radius 1 is 1.29 bits per heavy atom. The summed E-state index contributed by atoms with van der Waals surface area (Å²) in [5.41, 5.74) is 1.01. The van der Waals surface area contributed by atoms with Gasteiger partial charge in [-0.15, -0.1) is 0 Å². The van der Waals surface area contributed by atoms with Crippen LogP contribution in [0.15, 0.2) is 47.4 Å². The molecular formula is C17H16FN2O3S+. The molecule has 124 valence electrons. The van der Waals surface area contributed by atoms with Crippen LogP contribution in [-0.2, 0) is 0 Å². The molecule has 0 spiro atoms. The van der Waals surface area contributed by atoms with Crippen LogP contribution in [0.25, 0.3) is 0 Å². The monoisotopic (exact) mass is 347 g/mol. The van der Waals surface area contributed by atoms with Crippen molar-refractivity contribution < 1.29 is 18.7 Å². The van der Waals surface area contributed by atoms with Gasteiger partial charge in [0.2, 0.25) is 0 Å². The molecular weight excluding hydrogens is 331 g/mol. The molecule has 1 heterocycles. The van der Waals surface area contributed by atoms with Gasteiger partial charge < -0.3 is 10.1 Å². The van der Waals surface area contributed by atoms with Gasteiger partial charge in [-0.2, -0.15) is 0 Å². The van der Waals surface area contributed by atoms with Crippen molar-refractivity contribution in [3.63, 3.8) is 0 Å². The summed E-state index contributed by atoms with van der Waals surface area (Å²) in [5, 5.41) is 2.46. The maximum Gasteiger partial charge on any atom is 0.271 e. The average molecular weight is 347 g/mol. The zero-order valence-corrected chi connectivity index (χ0v) is 13.8. The fraction of sp³-hybridized carbons (Fsp3) is 0.235. The first-order valence-corrected chi connectivity index (χ1v) is 8.31. The van der Waals surface area contributed by atoms with Crippen LogP contribution in [0.4, 0.5) is 10.1 Å². The van der Waals surface area contributed by atoms with E-state index in [1.165, 1.54) is 36.0 Å². The Balaban J connectivity index is 1.55. The van der Waals surface area contributed by atoms with Gasteiger partial charge in [-0.05, 0) is 42.1 Å². The fourth-order valence-corrected chi connectivity index (χ4v) is 3.64. The van der Waals surface area contributed by atoms with Crippen molar-refractivity contribution in [2.45, 2.75) is 16.7 Å². The first-order valence-electron chi connectivity index (χ1n) is 7.43. The molecule has 5 nitrogen and oxygen atoms in total. The molecule has 0 aliphatic carbocycles. The standard InChI is InChI=1S/C17H15FN2O3S/c1-23-13-6-7-14-15(10-13)24-16(20(14)22)8-9-19-17(21)11-2-4-12(18)5-3-11/h2-7,10,16H,8-9H2,1H3/p+1. The van der Waals surface area contributed by atoms with Gasteiger partial charge in [0, 0.05) is 35.6 Å². The first kappa shape index (κ1) is 16.4. The Bertz CT molecular complexity index is 780. The van der Waals surface area contributed by atoms with Gasteiger partial charge in [0.15, 0.2) is 0 Å². The van der Waals surface area contributed by atoms with E-state index < -0.39 is 0 Å². The van der Waals surface area contributed by atoms with E-state index >= 15 is 0 Å². The Kier molecular flexibility index (Phi) is 4.80.